The molecule has 2 unspecified atom stereocenters. The maximum atomic E-state index is 13.2. The van der Waals surface area contributed by atoms with Crippen molar-refractivity contribution in [3.8, 4) is 0 Å². The number of amides is 1. The number of carboxylic acids is 1. The summed E-state index contributed by atoms with van der Waals surface area (Å²) in [4.78, 5) is 27.3. The first kappa shape index (κ1) is 33.7. The van der Waals surface area contributed by atoms with Gasteiger partial charge in [-0.1, -0.05) is 83.9 Å². The number of nitrogens with one attached hydrogen (secondary N) is 1. The Morgan fingerprint density at radius 2 is 1.47 bits per heavy atom. The second-order valence-corrected chi connectivity index (χ2v) is 13.9. The van der Waals surface area contributed by atoms with Crippen molar-refractivity contribution in [2.75, 3.05) is 32.9 Å². The van der Waals surface area contributed by atoms with E-state index in [0.717, 1.165) is 15.7 Å². The molecular weight excluding hydrogens is 484 g/mol. The third-order valence-electron chi connectivity index (χ3n) is 6.95. The molecule has 0 aliphatic rings. The highest BCUT2D eigenvalue weighted by molar-refractivity contribution is 8.47. The average Bonchev–Trinajstić information content (AvgIpc) is 2.76. The van der Waals surface area contributed by atoms with Crippen molar-refractivity contribution < 1.29 is 14.7 Å². The van der Waals surface area contributed by atoms with Crippen LogP contribution in [0.3, 0.4) is 0 Å². The molecule has 0 fully saturated rings. The smallest absolute Gasteiger partial charge is 0.310 e. The highest BCUT2D eigenvalue weighted by Gasteiger charge is 2.55. The van der Waals surface area contributed by atoms with E-state index in [9.17, 15) is 14.7 Å². The molecule has 0 heterocycles. The fourth-order valence-corrected chi connectivity index (χ4v) is 6.90. The second-order valence-electron chi connectivity index (χ2n) is 10.2. The number of thioether (sulfide) groups is 2. The van der Waals surface area contributed by atoms with Gasteiger partial charge in [-0.25, -0.2) is 0 Å². The monoisotopic (exact) mass is 534 g/mol. The number of hydrogen-bond donors (Lipinski definition) is 2. The van der Waals surface area contributed by atoms with E-state index in [-0.39, 0.29) is 11.2 Å². The molecule has 0 aromatic rings. The molecule has 34 heavy (non-hydrogen) atoms. The SMILES string of the molecule is CCCCCCCCCCCCSC(=S)SC(C)C(C)(C(=O)NCCN(C)C)C(C)(C)C(=O)O. The first-order valence-corrected chi connectivity index (χ1v) is 15.2. The Bertz CT molecular complexity index is 614. The van der Waals surface area contributed by atoms with Crippen molar-refractivity contribution in [3.05, 3.63) is 0 Å². The molecule has 0 rings (SSSR count). The van der Waals surface area contributed by atoms with E-state index in [1.807, 2.05) is 25.9 Å². The van der Waals surface area contributed by atoms with E-state index in [2.05, 4.69) is 12.2 Å². The molecular formula is C26H50N2O3S3. The molecule has 0 bridgehead atoms. The van der Waals surface area contributed by atoms with Crippen molar-refractivity contribution in [2.45, 2.75) is 104 Å². The van der Waals surface area contributed by atoms with Gasteiger partial charge in [0.2, 0.25) is 5.91 Å². The van der Waals surface area contributed by atoms with E-state index < -0.39 is 16.8 Å². The molecule has 200 valence electrons. The fourth-order valence-electron chi connectivity index (χ4n) is 3.82. The predicted octanol–water partition coefficient (Wildman–Crippen LogP) is 6.84. The summed E-state index contributed by atoms with van der Waals surface area (Å²) in [5.74, 6) is -0.235. The molecule has 0 saturated heterocycles. The number of carbonyl (C=O) groups excluding carboxylic acids is 1. The molecule has 0 aliphatic carbocycles. The highest BCUT2D eigenvalue weighted by atomic mass is 32.2. The summed E-state index contributed by atoms with van der Waals surface area (Å²) in [7, 11) is 3.88. The lowest BCUT2D eigenvalue weighted by Crippen LogP contribution is -2.57. The second kappa shape index (κ2) is 18.0. The molecule has 0 radical (unpaired) electrons. The van der Waals surface area contributed by atoms with Gasteiger partial charge in [0.1, 0.15) is 3.53 Å². The quantitative estimate of drug-likeness (QED) is 0.139. The molecule has 0 aliphatic heterocycles. The summed E-state index contributed by atoms with van der Waals surface area (Å²) in [6, 6.07) is 0. The predicted molar refractivity (Wildman–Crippen MR) is 155 cm³/mol. The van der Waals surface area contributed by atoms with Crippen LogP contribution in [0, 0.1) is 10.8 Å². The average molecular weight is 535 g/mol. The van der Waals surface area contributed by atoms with Crippen LogP contribution < -0.4 is 5.32 Å². The number of likely N-dealkylation sites (N-methyl/N-ethyl adjacent to an activating group) is 1. The minimum atomic E-state index is -1.24. The van der Waals surface area contributed by atoms with E-state index in [0.29, 0.717) is 13.1 Å². The van der Waals surface area contributed by atoms with Gasteiger partial charge in [0.25, 0.3) is 0 Å². The summed E-state index contributed by atoms with van der Waals surface area (Å²) in [5, 5.41) is 12.6. The third kappa shape index (κ3) is 12.1. The molecule has 0 aromatic heterocycles. The van der Waals surface area contributed by atoms with Gasteiger partial charge < -0.3 is 15.3 Å². The zero-order chi connectivity index (χ0) is 26.2. The van der Waals surface area contributed by atoms with Gasteiger partial charge in [0.05, 0.1) is 10.8 Å². The summed E-state index contributed by atoms with van der Waals surface area (Å²) in [6.07, 6.45) is 13.1. The molecule has 0 aromatic carbocycles. The molecule has 5 nitrogen and oxygen atoms in total. The van der Waals surface area contributed by atoms with Gasteiger partial charge in [0, 0.05) is 18.3 Å². The van der Waals surface area contributed by atoms with Crippen LogP contribution in [0.5, 0.6) is 0 Å². The third-order valence-corrected chi connectivity index (χ3v) is 9.98. The van der Waals surface area contributed by atoms with Crippen LogP contribution in [0.25, 0.3) is 0 Å². The van der Waals surface area contributed by atoms with E-state index >= 15 is 0 Å². The van der Waals surface area contributed by atoms with Crippen LogP contribution in [0.4, 0.5) is 0 Å². The minimum absolute atomic E-state index is 0.232. The first-order valence-electron chi connectivity index (χ1n) is 12.9. The van der Waals surface area contributed by atoms with Crippen molar-refractivity contribution in [3.63, 3.8) is 0 Å². The Hall–Kier alpha value is -0.310. The summed E-state index contributed by atoms with van der Waals surface area (Å²) in [6.45, 7) is 10.4. The first-order chi connectivity index (χ1) is 15.9. The number of carboxylic acid groups (broad SMARTS) is 1. The number of thiocarbonyl (C=S) groups is 1. The van der Waals surface area contributed by atoms with Gasteiger partial charge >= 0.3 is 5.97 Å². The van der Waals surface area contributed by atoms with E-state index in [1.165, 1.54) is 69.5 Å². The van der Waals surface area contributed by atoms with Crippen molar-refractivity contribution >= 4 is 51.1 Å². The van der Waals surface area contributed by atoms with Gasteiger partial charge in [0.15, 0.2) is 0 Å². The summed E-state index contributed by atoms with van der Waals surface area (Å²) >= 11 is 8.73. The summed E-state index contributed by atoms with van der Waals surface area (Å²) in [5.41, 5.74) is -2.35. The Morgan fingerprint density at radius 3 is 1.94 bits per heavy atom. The van der Waals surface area contributed by atoms with Crippen molar-refractivity contribution in [2.24, 2.45) is 10.8 Å². The normalized spacial score (nSPS) is 14.6. The van der Waals surface area contributed by atoms with Crippen LogP contribution in [-0.2, 0) is 9.59 Å². The zero-order valence-electron chi connectivity index (χ0n) is 22.7. The topological polar surface area (TPSA) is 69.6 Å². The maximum absolute atomic E-state index is 13.2. The zero-order valence-corrected chi connectivity index (χ0v) is 25.2. The van der Waals surface area contributed by atoms with E-state index in [1.54, 1.807) is 32.5 Å². The molecule has 2 atom stereocenters. The molecule has 0 saturated carbocycles. The standard InChI is InChI=1S/C26H50N2O3S3/c1-8-9-10-11-12-13-14-15-16-17-20-33-24(32)34-21(2)26(5,25(3,4)23(30)31)22(29)27-18-19-28(6)7/h21H,8-20H2,1-7H3,(H,27,29)(H,30,31). The molecule has 2 N–H and O–H groups in total. The van der Waals surface area contributed by atoms with Gasteiger partial charge in [-0.05, 0) is 47.0 Å². The largest absolute Gasteiger partial charge is 0.481 e. The lowest BCUT2D eigenvalue weighted by atomic mass is 9.64. The number of nitrogens with zero attached hydrogens (tertiary/aromatic N) is 1. The lowest BCUT2D eigenvalue weighted by Gasteiger charge is -2.43. The number of aliphatic carboxylic acids is 1. The number of rotatable bonds is 19. The van der Waals surface area contributed by atoms with Crippen LogP contribution in [0.15, 0.2) is 0 Å². The Labute approximate surface area is 223 Å². The molecule has 0 spiro atoms. The van der Waals surface area contributed by atoms with Crippen LogP contribution >= 0.6 is 35.7 Å². The van der Waals surface area contributed by atoms with Crippen molar-refractivity contribution in [1.29, 1.82) is 0 Å². The van der Waals surface area contributed by atoms with Crippen LogP contribution in [0.1, 0.15) is 98.8 Å². The maximum Gasteiger partial charge on any atom is 0.310 e. The Balaban J connectivity index is 4.59. The number of hydrogen-bond acceptors (Lipinski definition) is 6. The van der Waals surface area contributed by atoms with Crippen molar-refractivity contribution in [1.82, 2.24) is 10.2 Å². The van der Waals surface area contributed by atoms with Gasteiger partial charge in [-0.3, -0.25) is 9.59 Å². The van der Waals surface area contributed by atoms with E-state index in [4.69, 9.17) is 12.2 Å². The highest BCUT2D eigenvalue weighted by Crippen LogP contribution is 2.47. The number of unbranched alkanes of at least 4 members (excludes halogenated alkanes) is 9. The molecule has 1 amide bonds. The minimum Gasteiger partial charge on any atom is -0.481 e. The van der Waals surface area contributed by atoms with Gasteiger partial charge in [-0.2, -0.15) is 0 Å². The Morgan fingerprint density at radius 1 is 0.971 bits per heavy atom. The Kier molecular flexibility index (Phi) is 17.8. The van der Waals surface area contributed by atoms with Crippen LogP contribution in [-0.4, -0.2) is 63.6 Å². The number of carbonyl (C=O) groups is 2. The summed E-state index contributed by atoms with van der Waals surface area (Å²) < 4.78 is 0.789. The molecule has 8 heteroatoms. The van der Waals surface area contributed by atoms with Gasteiger partial charge in [-0.15, -0.1) is 23.5 Å². The van der Waals surface area contributed by atoms with Crippen LogP contribution in [0.2, 0.25) is 0 Å². The lowest BCUT2D eigenvalue weighted by molar-refractivity contribution is -0.160. The fraction of sp³-hybridized carbons (Fsp3) is 0.885.